The van der Waals surface area contributed by atoms with E-state index in [-0.39, 0.29) is 0 Å². The predicted molar refractivity (Wildman–Crippen MR) is 36.6 cm³/mol. The molecule has 0 saturated carbocycles. The molecule has 82 valence electrons. The summed E-state index contributed by atoms with van der Waals surface area (Å²) in [7, 11) is 0. The number of nitrogens with one attached hydrogen (secondary N) is 1. The third-order valence-corrected chi connectivity index (χ3v) is 2.08. The molecule has 1 rings (SSSR count). The minimum absolute atomic E-state index is 0.432. The quantitative estimate of drug-likeness (QED) is 0.487. The van der Waals surface area contributed by atoms with E-state index in [2.05, 4.69) is 0 Å². The van der Waals surface area contributed by atoms with E-state index in [0.29, 0.717) is 0 Å². The first-order valence-electron chi connectivity index (χ1n) is 3.74. The molecule has 1 aliphatic heterocycles. The number of hydrogen-bond donors (Lipinski definition) is 1. The first kappa shape index (κ1) is 11.4. The Hall–Kier alpha value is -0.720. The van der Waals surface area contributed by atoms with E-state index in [4.69, 9.17) is 0 Å². The van der Waals surface area contributed by atoms with Crippen LogP contribution in [0.15, 0.2) is 12.2 Å². The van der Waals surface area contributed by atoms with Crippen LogP contribution < -0.4 is 5.32 Å². The lowest BCUT2D eigenvalue weighted by atomic mass is 9.91. The maximum absolute atomic E-state index is 12.3. The van der Waals surface area contributed by atoms with E-state index < -0.39 is 30.9 Å². The van der Waals surface area contributed by atoms with Crippen LogP contribution in [0.4, 0.5) is 26.3 Å². The van der Waals surface area contributed by atoms with Crippen molar-refractivity contribution in [2.75, 3.05) is 6.54 Å². The van der Waals surface area contributed by atoms with E-state index in [0.717, 1.165) is 6.08 Å². The molecule has 0 unspecified atom stereocenters. The molecule has 1 nitrogen and oxygen atoms in total. The lowest BCUT2D eigenvalue weighted by molar-refractivity contribution is -0.306. The van der Waals surface area contributed by atoms with Crippen LogP contribution >= 0.6 is 0 Å². The van der Waals surface area contributed by atoms with E-state index >= 15 is 0 Å². The molecule has 1 N–H and O–H groups in total. The Kier molecular flexibility index (Phi) is 2.55. The monoisotopic (exact) mass is 219 g/mol. The summed E-state index contributed by atoms with van der Waals surface area (Å²) in [4.78, 5) is 0. The summed E-state index contributed by atoms with van der Waals surface area (Å²) in [5.74, 6) is 0. The fraction of sp³-hybridized carbons (Fsp3) is 0.714. The first-order chi connectivity index (χ1) is 6.21. The van der Waals surface area contributed by atoms with Crippen LogP contribution in [0.3, 0.4) is 0 Å². The van der Waals surface area contributed by atoms with Crippen LogP contribution in [-0.4, -0.2) is 24.4 Å². The number of rotatable bonds is 0. The Morgan fingerprint density at radius 2 is 1.43 bits per heavy atom. The smallest absolute Gasteiger partial charge is 0.292 e. The molecule has 0 bridgehead atoms. The first-order valence-corrected chi connectivity index (χ1v) is 3.74. The molecule has 0 aliphatic carbocycles. The summed E-state index contributed by atoms with van der Waals surface area (Å²) in [5.41, 5.74) is -3.78. The summed E-state index contributed by atoms with van der Waals surface area (Å²) in [5, 5.41) is 1.48. The van der Waals surface area contributed by atoms with Crippen molar-refractivity contribution in [1.82, 2.24) is 5.32 Å². The number of hydrogen-bond acceptors (Lipinski definition) is 1. The molecule has 7 heteroatoms. The van der Waals surface area contributed by atoms with Crippen molar-refractivity contribution in [2.45, 2.75) is 24.3 Å². The molecular formula is C7H7F6N. The number of alkyl halides is 6. The van der Waals surface area contributed by atoms with E-state index in [1.165, 1.54) is 11.4 Å². The topological polar surface area (TPSA) is 12.0 Å². The van der Waals surface area contributed by atoms with Crippen LogP contribution in [0.25, 0.3) is 0 Å². The maximum atomic E-state index is 12.3. The van der Waals surface area contributed by atoms with Gasteiger partial charge in [0.25, 0.3) is 0 Å². The zero-order valence-corrected chi connectivity index (χ0v) is 6.84. The molecule has 0 amide bonds. The van der Waals surface area contributed by atoms with Gasteiger partial charge in [0, 0.05) is 13.0 Å². The van der Waals surface area contributed by atoms with E-state index in [9.17, 15) is 26.3 Å². The average molecular weight is 219 g/mol. The zero-order valence-electron chi connectivity index (χ0n) is 6.84. The third kappa shape index (κ3) is 1.60. The maximum Gasteiger partial charge on any atom is 0.415 e. The van der Waals surface area contributed by atoms with Crippen molar-refractivity contribution in [3.63, 3.8) is 0 Å². The van der Waals surface area contributed by atoms with Crippen molar-refractivity contribution in [1.29, 1.82) is 0 Å². The molecule has 0 saturated heterocycles. The summed E-state index contributed by atoms with van der Waals surface area (Å²) in [6.45, 7) is -0.432. The van der Waals surface area contributed by atoms with Gasteiger partial charge in [0.1, 0.15) is 0 Å². The van der Waals surface area contributed by atoms with Gasteiger partial charge in [0.15, 0.2) is 0 Å². The van der Waals surface area contributed by atoms with Crippen LogP contribution in [-0.2, 0) is 0 Å². The SMILES string of the molecule is FC(F)(F)C1(C(F)(F)F)CC=CCN1. The lowest BCUT2D eigenvalue weighted by Crippen LogP contribution is -2.66. The van der Waals surface area contributed by atoms with Gasteiger partial charge in [-0.2, -0.15) is 26.3 Å². The molecule has 0 aromatic rings. The standard InChI is InChI=1S/C7H7F6N/c8-6(9,10)5(7(11,12)13)3-1-2-4-14-5/h1-2,14H,3-4H2. The van der Waals surface area contributed by atoms with Gasteiger partial charge in [0.2, 0.25) is 5.54 Å². The normalized spacial score (nSPS) is 22.4. The van der Waals surface area contributed by atoms with Crippen LogP contribution in [0, 0.1) is 0 Å². The predicted octanol–water partition coefficient (Wildman–Crippen LogP) is 2.40. The largest absolute Gasteiger partial charge is 0.415 e. The van der Waals surface area contributed by atoms with Gasteiger partial charge in [-0.3, -0.25) is 5.32 Å². The summed E-state index contributed by atoms with van der Waals surface area (Å²) >= 11 is 0. The highest BCUT2D eigenvalue weighted by Gasteiger charge is 2.70. The highest BCUT2D eigenvalue weighted by atomic mass is 19.4. The van der Waals surface area contributed by atoms with Crippen LogP contribution in [0.1, 0.15) is 6.42 Å². The van der Waals surface area contributed by atoms with Crippen molar-refractivity contribution in [3.8, 4) is 0 Å². The Bertz CT molecular complexity index is 224. The van der Waals surface area contributed by atoms with Crippen molar-refractivity contribution in [3.05, 3.63) is 12.2 Å². The van der Waals surface area contributed by atoms with Gasteiger partial charge in [-0.15, -0.1) is 0 Å². The molecule has 1 aliphatic rings. The second kappa shape index (κ2) is 3.15. The highest BCUT2D eigenvalue weighted by Crippen LogP contribution is 2.46. The Balaban J connectivity index is 3.09. The Morgan fingerprint density at radius 3 is 1.64 bits per heavy atom. The van der Waals surface area contributed by atoms with Crippen molar-refractivity contribution >= 4 is 0 Å². The molecular weight excluding hydrogens is 212 g/mol. The molecule has 0 atom stereocenters. The summed E-state index contributed by atoms with van der Waals surface area (Å²) in [6, 6.07) is 0. The summed E-state index contributed by atoms with van der Waals surface area (Å²) in [6.07, 6.45) is -9.67. The van der Waals surface area contributed by atoms with Gasteiger partial charge >= 0.3 is 12.4 Å². The molecule has 0 aromatic heterocycles. The molecule has 14 heavy (non-hydrogen) atoms. The highest BCUT2D eigenvalue weighted by molar-refractivity contribution is 5.11. The van der Waals surface area contributed by atoms with Gasteiger partial charge in [-0.1, -0.05) is 12.2 Å². The van der Waals surface area contributed by atoms with Gasteiger partial charge in [-0.25, -0.2) is 0 Å². The Morgan fingerprint density at radius 1 is 0.929 bits per heavy atom. The van der Waals surface area contributed by atoms with Crippen molar-refractivity contribution in [2.24, 2.45) is 0 Å². The molecule has 0 radical (unpaired) electrons. The number of halogens is 6. The van der Waals surface area contributed by atoms with Gasteiger partial charge < -0.3 is 0 Å². The van der Waals surface area contributed by atoms with Crippen molar-refractivity contribution < 1.29 is 26.3 Å². The van der Waals surface area contributed by atoms with Crippen LogP contribution in [0.5, 0.6) is 0 Å². The average Bonchev–Trinajstić information content (AvgIpc) is 2.02. The molecule has 1 heterocycles. The van der Waals surface area contributed by atoms with Gasteiger partial charge in [0.05, 0.1) is 0 Å². The summed E-state index contributed by atoms with van der Waals surface area (Å²) < 4.78 is 73.7. The molecule has 0 aromatic carbocycles. The molecule has 0 fully saturated rings. The van der Waals surface area contributed by atoms with Gasteiger partial charge in [-0.05, 0) is 0 Å². The fourth-order valence-electron chi connectivity index (χ4n) is 1.24. The van der Waals surface area contributed by atoms with E-state index in [1.807, 2.05) is 0 Å². The lowest BCUT2D eigenvalue weighted by Gasteiger charge is -2.38. The second-order valence-electron chi connectivity index (χ2n) is 2.96. The third-order valence-electron chi connectivity index (χ3n) is 2.08. The zero-order chi connectivity index (χ0) is 11.0. The Labute approximate surface area is 75.8 Å². The minimum atomic E-state index is -5.34. The molecule has 0 spiro atoms. The minimum Gasteiger partial charge on any atom is -0.292 e. The van der Waals surface area contributed by atoms with E-state index in [1.54, 1.807) is 0 Å². The van der Waals surface area contributed by atoms with Crippen LogP contribution in [0.2, 0.25) is 0 Å². The second-order valence-corrected chi connectivity index (χ2v) is 2.96. The fourth-order valence-corrected chi connectivity index (χ4v) is 1.24.